The third-order valence-electron chi connectivity index (χ3n) is 5.47. The Morgan fingerprint density at radius 1 is 1.34 bits per heavy atom. The van der Waals surface area contributed by atoms with Gasteiger partial charge in [0.2, 0.25) is 0 Å². The molecule has 3 rings (SSSR count). The van der Waals surface area contributed by atoms with E-state index in [0.29, 0.717) is 0 Å². The lowest BCUT2D eigenvalue weighted by molar-refractivity contribution is -0.146. The van der Waals surface area contributed by atoms with Crippen molar-refractivity contribution in [1.29, 1.82) is 0 Å². The summed E-state index contributed by atoms with van der Waals surface area (Å²) in [6.45, 7) is 4.29. The Hall–Kier alpha value is -2.34. The number of nitrogens with one attached hydrogen (secondary N) is 1. The minimum absolute atomic E-state index is 0.0158. The Morgan fingerprint density at radius 3 is 2.66 bits per heavy atom. The van der Waals surface area contributed by atoms with E-state index in [1.54, 1.807) is 44.2 Å². The second-order valence-corrected chi connectivity index (χ2v) is 10.8. The third-order valence-corrected chi connectivity index (χ3v) is 7.81. The topological polar surface area (TPSA) is 149 Å². The van der Waals surface area contributed by atoms with Crippen molar-refractivity contribution in [1.82, 2.24) is 9.55 Å². The molecule has 1 aliphatic heterocycles. The summed E-state index contributed by atoms with van der Waals surface area (Å²) < 4.78 is 37.1. The van der Waals surface area contributed by atoms with Gasteiger partial charge in [-0.1, -0.05) is 25.1 Å². The molecular formula is C22H29N2O9PS. The lowest BCUT2D eigenvalue weighted by atomic mass is 9.96. The van der Waals surface area contributed by atoms with Crippen LogP contribution in [0.4, 0.5) is 0 Å². The van der Waals surface area contributed by atoms with E-state index >= 15 is 0 Å². The Labute approximate surface area is 207 Å². The molecule has 1 fully saturated rings. The average Bonchev–Trinajstić information content (AvgIpc) is 3.02. The van der Waals surface area contributed by atoms with Gasteiger partial charge in [-0.15, -0.1) is 0 Å². The molecule has 1 aromatic heterocycles. The van der Waals surface area contributed by atoms with Gasteiger partial charge < -0.3 is 24.2 Å². The molecule has 0 bridgehead atoms. The van der Waals surface area contributed by atoms with Crippen LogP contribution in [-0.2, 0) is 23.4 Å². The van der Waals surface area contributed by atoms with Gasteiger partial charge in [-0.3, -0.25) is 23.7 Å². The van der Waals surface area contributed by atoms with Gasteiger partial charge in [-0.2, -0.15) is 0 Å². The van der Waals surface area contributed by atoms with Crippen LogP contribution >= 0.6 is 19.8 Å². The molecule has 2 aromatic rings. The zero-order valence-electron chi connectivity index (χ0n) is 19.5. The van der Waals surface area contributed by atoms with Gasteiger partial charge in [-0.05, 0) is 38.2 Å². The van der Waals surface area contributed by atoms with Gasteiger partial charge in [0.25, 0.3) is 5.56 Å². The van der Waals surface area contributed by atoms with Gasteiger partial charge in [0.05, 0.1) is 25.3 Å². The zero-order valence-corrected chi connectivity index (χ0v) is 21.2. The maximum absolute atomic E-state index is 13.7. The highest BCUT2D eigenvalue weighted by Gasteiger charge is 2.53. The maximum atomic E-state index is 13.7. The zero-order chi connectivity index (χ0) is 25.8. The van der Waals surface area contributed by atoms with Crippen molar-refractivity contribution < 1.29 is 38.1 Å². The average molecular weight is 529 g/mol. The van der Waals surface area contributed by atoms with Gasteiger partial charge >= 0.3 is 13.6 Å². The summed E-state index contributed by atoms with van der Waals surface area (Å²) >= 11 is 5.14. The van der Waals surface area contributed by atoms with Gasteiger partial charge in [0, 0.05) is 12.3 Å². The number of aromatic amines is 1. The molecule has 1 unspecified atom stereocenters. The summed E-state index contributed by atoms with van der Waals surface area (Å²) in [6.07, 6.45) is -2.71. The van der Waals surface area contributed by atoms with E-state index < -0.39 is 55.7 Å². The van der Waals surface area contributed by atoms with Crippen molar-refractivity contribution in [2.24, 2.45) is 5.92 Å². The number of H-pyrrole nitrogens is 1. The normalized spacial score (nSPS) is 26.6. The number of aliphatic hydroxyl groups is 2. The summed E-state index contributed by atoms with van der Waals surface area (Å²) in [5.41, 5.74) is -2.26. The van der Waals surface area contributed by atoms with Crippen molar-refractivity contribution in [3.63, 3.8) is 0 Å². The SMILES string of the molecule is CCOC(=O)[C@H](C)C[P@@](=O)(OC[C@H]1O[C@@H](n2ccc(=O)[nH]c2=S)C(C)(O)[C@H]1O)Oc1ccccc1. The molecule has 192 valence electrons. The summed E-state index contributed by atoms with van der Waals surface area (Å²) in [6, 6.07) is 9.51. The molecule has 0 aliphatic carbocycles. The third kappa shape index (κ3) is 6.46. The van der Waals surface area contributed by atoms with E-state index in [2.05, 4.69) is 4.98 Å². The first kappa shape index (κ1) is 27.3. The molecule has 0 amide bonds. The van der Waals surface area contributed by atoms with E-state index in [9.17, 15) is 24.4 Å². The molecule has 1 aromatic carbocycles. The van der Waals surface area contributed by atoms with Gasteiger partial charge in [-0.25, -0.2) is 4.57 Å². The first-order valence-corrected chi connectivity index (χ1v) is 13.1. The standard InChI is InChI=1S/C22H29N2O9PS/c1-4-30-19(27)14(2)13-34(29,33-15-8-6-5-7-9-15)31-12-16-18(26)22(3,28)20(32-16)24-11-10-17(25)23-21(24)35/h5-11,14,16,18,20,26,28H,4,12-13H2,1-3H3,(H,23,25,35)/t14-,16-,18+,20-,22?,34-/m1/s1. The van der Waals surface area contributed by atoms with Crippen LogP contribution in [0.2, 0.25) is 0 Å². The lowest BCUT2D eigenvalue weighted by Crippen LogP contribution is -2.44. The predicted molar refractivity (Wildman–Crippen MR) is 128 cm³/mol. The number of benzene rings is 1. The fourth-order valence-corrected chi connectivity index (χ4v) is 5.76. The number of carbonyl (C=O) groups excluding carboxylic acids is 1. The summed E-state index contributed by atoms with van der Waals surface area (Å²) in [7, 11) is -3.95. The Bertz CT molecular complexity index is 1180. The molecule has 6 atom stereocenters. The van der Waals surface area contributed by atoms with Crippen LogP contribution in [0.25, 0.3) is 0 Å². The molecule has 35 heavy (non-hydrogen) atoms. The number of esters is 1. The van der Waals surface area contributed by atoms with E-state index in [1.165, 1.54) is 23.8 Å². The predicted octanol–water partition coefficient (Wildman–Crippen LogP) is 2.40. The van der Waals surface area contributed by atoms with Crippen molar-refractivity contribution >= 4 is 25.8 Å². The molecule has 0 saturated carbocycles. The quantitative estimate of drug-likeness (QED) is 0.238. The van der Waals surface area contributed by atoms with Crippen LogP contribution in [-0.4, -0.2) is 62.9 Å². The molecule has 2 heterocycles. The molecule has 13 heteroatoms. The van der Waals surface area contributed by atoms with Crippen LogP contribution in [0.1, 0.15) is 27.0 Å². The number of ether oxygens (including phenoxy) is 2. The highest BCUT2D eigenvalue weighted by Crippen LogP contribution is 2.51. The molecule has 3 N–H and O–H groups in total. The molecule has 11 nitrogen and oxygen atoms in total. The highest BCUT2D eigenvalue weighted by molar-refractivity contribution is 7.71. The van der Waals surface area contributed by atoms with Crippen LogP contribution < -0.4 is 10.1 Å². The number of aliphatic hydroxyl groups excluding tert-OH is 1. The number of aromatic nitrogens is 2. The van der Waals surface area contributed by atoms with Gasteiger partial charge in [0.1, 0.15) is 23.6 Å². The van der Waals surface area contributed by atoms with E-state index in [0.717, 1.165) is 0 Å². The minimum atomic E-state index is -3.95. The number of carbonyl (C=O) groups is 1. The first-order valence-electron chi connectivity index (χ1n) is 11.0. The number of hydrogen-bond acceptors (Lipinski definition) is 10. The van der Waals surface area contributed by atoms with Crippen molar-refractivity contribution in [2.45, 2.75) is 44.8 Å². The van der Waals surface area contributed by atoms with E-state index in [-0.39, 0.29) is 23.3 Å². The molecule has 0 spiro atoms. The van der Waals surface area contributed by atoms with Crippen molar-refractivity contribution in [3.05, 3.63) is 57.7 Å². The van der Waals surface area contributed by atoms with E-state index in [4.69, 9.17) is 30.7 Å². The number of hydrogen-bond donors (Lipinski definition) is 3. The Kier molecular flexibility index (Phi) is 8.68. The van der Waals surface area contributed by atoms with Crippen molar-refractivity contribution in [2.75, 3.05) is 19.4 Å². The van der Waals surface area contributed by atoms with E-state index in [1.807, 2.05) is 0 Å². The summed E-state index contributed by atoms with van der Waals surface area (Å²) in [5.74, 6) is -1.08. The smallest absolute Gasteiger partial charge is 0.380 e. The van der Waals surface area contributed by atoms with Crippen molar-refractivity contribution in [3.8, 4) is 5.75 Å². The molecule has 1 aliphatic rings. The molecular weight excluding hydrogens is 499 g/mol. The second-order valence-electron chi connectivity index (χ2n) is 8.36. The number of nitrogens with zero attached hydrogens (tertiary/aromatic N) is 1. The Balaban J connectivity index is 1.80. The second kappa shape index (κ2) is 11.2. The number of para-hydroxylation sites is 1. The lowest BCUT2D eigenvalue weighted by Gasteiger charge is -2.28. The van der Waals surface area contributed by atoms with Crippen LogP contribution in [0.5, 0.6) is 5.75 Å². The monoisotopic (exact) mass is 528 g/mol. The first-order chi connectivity index (χ1) is 16.5. The highest BCUT2D eigenvalue weighted by atomic mass is 32.1. The summed E-state index contributed by atoms with van der Waals surface area (Å²) in [5, 5.41) is 21.7. The summed E-state index contributed by atoms with van der Waals surface area (Å²) in [4.78, 5) is 26.1. The fraction of sp³-hybridized carbons (Fsp3) is 0.500. The van der Waals surface area contributed by atoms with Crippen LogP contribution in [0.3, 0.4) is 0 Å². The Morgan fingerprint density at radius 2 is 2.03 bits per heavy atom. The molecule has 0 radical (unpaired) electrons. The fourth-order valence-electron chi connectivity index (χ4n) is 3.63. The molecule has 1 saturated heterocycles. The van der Waals surface area contributed by atoms with Crippen LogP contribution in [0.15, 0.2) is 47.4 Å². The van der Waals surface area contributed by atoms with Gasteiger partial charge in [0.15, 0.2) is 11.0 Å². The minimum Gasteiger partial charge on any atom is -0.466 e. The number of rotatable bonds is 10. The van der Waals surface area contributed by atoms with Crippen LogP contribution in [0, 0.1) is 10.7 Å². The largest absolute Gasteiger partial charge is 0.466 e. The maximum Gasteiger partial charge on any atom is 0.380 e.